The van der Waals surface area contributed by atoms with Gasteiger partial charge in [-0.25, -0.2) is 0 Å². The average Bonchev–Trinajstić information content (AvgIpc) is 2.90. The van der Waals surface area contributed by atoms with E-state index in [1.807, 2.05) is 24.3 Å². The van der Waals surface area contributed by atoms with E-state index in [4.69, 9.17) is 5.73 Å². The Balaban J connectivity index is 1.73. The molecule has 22 heavy (non-hydrogen) atoms. The molecule has 1 fully saturated rings. The summed E-state index contributed by atoms with van der Waals surface area (Å²) in [6.07, 6.45) is 4.42. The highest BCUT2D eigenvalue weighted by Crippen LogP contribution is 2.26. The van der Waals surface area contributed by atoms with Crippen molar-refractivity contribution in [3.05, 3.63) is 29.8 Å². The van der Waals surface area contributed by atoms with Gasteiger partial charge in [0.25, 0.3) is 0 Å². The lowest BCUT2D eigenvalue weighted by atomic mass is 10.00. The highest BCUT2D eigenvalue weighted by atomic mass is 16.2. The van der Waals surface area contributed by atoms with Gasteiger partial charge in [0.15, 0.2) is 0 Å². The lowest BCUT2D eigenvalue weighted by Crippen LogP contribution is -2.36. The van der Waals surface area contributed by atoms with Crippen molar-refractivity contribution in [2.24, 2.45) is 11.7 Å². The second-order valence-corrected chi connectivity index (χ2v) is 5.94. The number of aryl methyl sites for hydroxylation is 1. The van der Waals surface area contributed by atoms with E-state index in [9.17, 15) is 9.59 Å². The molecule has 0 bridgehead atoms. The van der Waals surface area contributed by atoms with Crippen LogP contribution in [0.1, 0.15) is 38.2 Å². The van der Waals surface area contributed by atoms with Gasteiger partial charge in [0, 0.05) is 18.2 Å². The second kappa shape index (κ2) is 7.94. The van der Waals surface area contributed by atoms with Crippen molar-refractivity contribution in [3.63, 3.8) is 0 Å². The van der Waals surface area contributed by atoms with Crippen LogP contribution in [0, 0.1) is 5.92 Å². The molecule has 0 aliphatic heterocycles. The van der Waals surface area contributed by atoms with E-state index in [0.717, 1.165) is 36.9 Å². The van der Waals surface area contributed by atoms with Gasteiger partial charge in [0.1, 0.15) is 0 Å². The fourth-order valence-corrected chi connectivity index (χ4v) is 2.88. The molecule has 1 aromatic rings. The van der Waals surface area contributed by atoms with E-state index in [1.54, 1.807) is 0 Å². The summed E-state index contributed by atoms with van der Waals surface area (Å²) in [4.78, 5) is 23.7. The SMILES string of the molecule is CCc1cccc(NC(=O)CNC(=O)C[C@@H]2CCC[C@H]2N)c1. The maximum atomic E-state index is 11.9. The average molecular weight is 303 g/mol. The van der Waals surface area contributed by atoms with Crippen LogP contribution < -0.4 is 16.4 Å². The largest absolute Gasteiger partial charge is 0.347 e. The van der Waals surface area contributed by atoms with Crippen molar-refractivity contribution in [3.8, 4) is 0 Å². The standard InChI is InChI=1S/C17H25N3O2/c1-2-12-5-3-7-14(9-12)20-17(22)11-19-16(21)10-13-6-4-8-15(13)18/h3,5,7,9,13,15H,2,4,6,8,10-11,18H2,1H3,(H,19,21)(H,20,22)/t13-,15+/m0/s1. The number of rotatable bonds is 6. The lowest BCUT2D eigenvalue weighted by Gasteiger charge is -2.14. The van der Waals surface area contributed by atoms with E-state index in [-0.39, 0.29) is 30.3 Å². The molecular formula is C17H25N3O2. The fraction of sp³-hybridized carbons (Fsp3) is 0.529. The number of nitrogens with two attached hydrogens (primary N) is 1. The summed E-state index contributed by atoms with van der Waals surface area (Å²) in [5.74, 6) is -0.0542. The van der Waals surface area contributed by atoms with Gasteiger partial charge < -0.3 is 16.4 Å². The summed E-state index contributed by atoms with van der Waals surface area (Å²) in [5, 5.41) is 5.47. The number of hydrogen-bond donors (Lipinski definition) is 3. The van der Waals surface area contributed by atoms with Gasteiger partial charge in [-0.2, -0.15) is 0 Å². The van der Waals surface area contributed by atoms with E-state index in [0.29, 0.717) is 6.42 Å². The first kappa shape index (κ1) is 16.5. The van der Waals surface area contributed by atoms with E-state index < -0.39 is 0 Å². The second-order valence-electron chi connectivity index (χ2n) is 5.94. The van der Waals surface area contributed by atoms with E-state index >= 15 is 0 Å². The minimum Gasteiger partial charge on any atom is -0.347 e. The zero-order valence-corrected chi connectivity index (χ0v) is 13.1. The summed E-state index contributed by atoms with van der Waals surface area (Å²) < 4.78 is 0. The summed E-state index contributed by atoms with van der Waals surface area (Å²) in [6, 6.07) is 7.83. The molecule has 0 aromatic heterocycles. The monoisotopic (exact) mass is 303 g/mol. The molecule has 5 heteroatoms. The van der Waals surface area contributed by atoms with Gasteiger partial charge in [-0.1, -0.05) is 25.5 Å². The summed E-state index contributed by atoms with van der Waals surface area (Å²) in [6.45, 7) is 2.06. The van der Waals surface area contributed by atoms with Crippen molar-refractivity contribution < 1.29 is 9.59 Å². The van der Waals surface area contributed by atoms with Gasteiger partial charge in [-0.15, -0.1) is 0 Å². The molecule has 4 N–H and O–H groups in total. The first-order valence-corrected chi connectivity index (χ1v) is 7.99. The number of amides is 2. The Morgan fingerprint density at radius 1 is 1.27 bits per heavy atom. The van der Waals surface area contributed by atoms with Crippen molar-refractivity contribution in [1.82, 2.24) is 5.32 Å². The van der Waals surface area contributed by atoms with E-state index in [2.05, 4.69) is 17.6 Å². The molecule has 0 heterocycles. The van der Waals surface area contributed by atoms with Crippen LogP contribution in [0.25, 0.3) is 0 Å². The van der Waals surface area contributed by atoms with Crippen molar-refractivity contribution in [2.75, 3.05) is 11.9 Å². The Morgan fingerprint density at radius 3 is 2.77 bits per heavy atom. The van der Waals surface area contributed by atoms with Crippen molar-refractivity contribution in [2.45, 2.75) is 45.1 Å². The molecule has 120 valence electrons. The number of hydrogen-bond acceptors (Lipinski definition) is 3. The number of carbonyl (C=O) groups is 2. The number of carbonyl (C=O) groups excluding carboxylic acids is 2. The molecule has 5 nitrogen and oxygen atoms in total. The van der Waals surface area contributed by atoms with Crippen LogP contribution in [0.3, 0.4) is 0 Å². The highest BCUT2D eigenvalue weighted by Gasteiger charge is 2.26. The third kappa shape index (κ3) is 4.84. The molecule has 1 aliphatic carbocycles. The Bertz CT molecular complexity index is 530. The van der Waals surface area contributed by atoms with E-state index in [1.165, 1.54) is 0 Å². The third-order valence-electron chi connectivity index (χ3n) is 4.23. The number of benzene rings is 1. The maximum Gasteiger partial charge on any atom is 0.243 e. The van der Waals surface area contributed by atoms with Crippen LogP contribution in [-0.4, -0.2) is 24.4 Å². The van der Waals surface area contributed by atoms with Gasteiger partial charge in [-0.05, 0) is 42.9 Å². The van der Waals surface area contributed by atoms with Gasteiger partial charge in [-0.3, -0.25) is 9.59 Å². The van der Waals surface area contributed by atoms with Crippen LogP contribution in [0.2, 0.25) is 0 Å². The molecule has 0 saturated heterocycles. The predicted molar refractivity (Wildman–Crippen MR) is 87.4 cm³/mol. The molecule has 0 radical (unpaired) electrons. The first-order chi connectivity index (χ1) is 10.6. The van der Waals surface area contributed by atoms with Crippen LogP contribution in [-0.2, 0) is 16.0 Å². The number of nitrogens with one attached hydrogen (secondary N) is 2. The molecule has 2 rings (SSSR count). The number of anilines is 1. The minimum atomic E-state index is -0.211. The smallest absolute Gasteiger partial charge is 0.243 e. The molecule has 2 amide bonds. The van der Waals surface area contributed by atoms with Crippen LogP contribution in [0.4, 0.5) is 5.69 Å². The summed E-state index contributed by atoms with van der Waals surface area (Å²) >= 11 is 0. The minimum absolute atomic E-state index is 0.00283. The van der Waals surface area contributed by atoms with Crippen molar-refractivity contribution >= 4 is 17.5 Å². The molecule has 0 spiro atoms. The Labute approximate surface area is 131 Å². The Kier molecular flexibility index (Phi) is 5.95. The summed E-state index contributed by atoms with van der Waals surface area (Å²) in [5.41, 5.74) is 7.88. The fourth-order valence-electron chi connectivity index (χ4n) is 2.88. The van der Waals surface area contributed by atoms with Gasteiger partial charge >= 0.3 is 0 Å². The van der Waals surface area contributed by atoms with Crippen LogP contribution >= 0.6 is 0 Å². The first-order valence-electron chi connectivity index (χ1n) is 7.99. The van der Waals surface area contributed by atoms with Gasteiger partial charge in [0.2, 0.25) is 11.8 Å². The normalized spacial score (nSPS) is 20.6. The molecular weight excluding hydrogens is 278 g/mol. The summed E-state index contributed by atoms with van der Waals surface area (Å²) in [7, 11) is 0. The zero-order chi connectivity index (χ0) is 15.9. The quantitative estimate of drug-likeness (QED) is 0.749. The maximum absolute atomic E-state index is 11.9. The Morgan fingerprint density at radius 2 is 2.09 bits per heavy atom. The van der Waals surface area contributed by atoms with Gasteiger partial charge in [0.05, 0.1) is 6.54 Å². The zero-order valence-electron chi connectivity index (χ0n) is 13.1. The Hall–Kier alpha value is -1.88. The molecule has 1 aliphatic rings. The van der Waals surface area contributed by atoms with Crippen LogP contribution in [0.15, 0.2) is 24.3 Å². The predicted octanol–water partition coefficient (Wildman–Crippen LogP) is 1.82. The highest BCUT2D eigenvalue weighted by molar-refractivity contribution is 5.94. The molecule has 1 aromatic carbocycles. The van der Waals surface area contributed by atoms with Crippen LogP contribution in [0.5, 0.6) is 0 Å². The molecule has 0 unspecified atom stereocenters. The third-order valence-corrected chi connectivity index (χ3v) is 4.23. The topological polar surface area (TPSA) is 84.2 Å². The lowest BCUT2D eigenvalue weighted by molar-refractivity contribution is -0.124. The molecule has 2 atom stereocenters. The van der Waals surface area contributed by atoms with Crippen molar-refractivity contribution in [1.29, 1.82) is 0 Å². The molecule has 1 saturated carbocycles.